The predicted molar refractivity (Wildman–Crippen MR) is 136 cm³/mol. The highest BCUT2D eigenvalue weighted by Gasteiger charge is 2.59. The number of fused-ring (bicyclic) bond motifs is 2. The molecule has 34 heavy (non-hydrogen) atoms. The van der Waals surface area contributed by atoms with Crippen LogP contribution in [0.5, 0.6) is 0 Å². The summed E-state index contributed by atoms with van der Waals surface area (Å²) in [4.78, 5) is 22.0. The van der Waals surface area contributed by atoms with Crippen molar-refractivity contribution in [1.82, 2.24) is 9.88 Å². The largest absolute Gasteiger partial charge is 0.396 e. The summed E-state index contributed by atoms with van der Waals surface area (Å²) in [5.74, 6) is 1.02. The molecule has 3 aliphatic rings. The highest BCUT2D eigenvalue weighted by atomic mass is 32.1. The van der Waals surface area contributed by atoms with Crippen LogP contribution in [0, 0.1) is 22.7 Å². The molecule has 5 unspecified atom stereocenters. The minimum absolute atomic E-state index is 0.000173. The van der Waals surface area contributed by atoms with Gasteiger partial charge in [-0.15, -0.1) is 11.3 Å². The molecule has 2 aromatic rings. The molecule has 1 amide bonds. The third kappa shape index (κ3) is 3.92. The Morgan fingerprint density at radius 2 is 1.88 bits per heavy atom. The van der Waals surface area contributed by atoms with E-state index in [9.17, 15) is 15.0 Å². The van der Waals surface area contributed by atoms with Gasteiger partial charge in [0.1, 0.15) is 5.01 Å². The summed E-state index contributed by atoms with van der Waals surface area (Å²) in [7, 11) is 0. The quantitative estimate of drug-likeness (QED) is 0.652. The molecular weight excluding hydrogens is 444 g/mol. The maximum atomic E-state index is 13.6. The predicted octanol–water partition coefficient (Wildman–Crippen LogP) is 4.87. The van der Waals surface area contributed by atoms with Crippen molar-refractivity contribution in [2.45, 2.75) is 71.3 Å². The van der Waals surface area contributed by atoms with Crippen LogP contribution in [0.1, 0.15) is 69.4 Å². The first-order valence-corrected chi connectivity index (χ1v) is 13.7. The molecule has 2 aliphatic carbocycles. The SMILES string of the molecule is CC1CCN(C(=O)CC2c3nc(-c4ccccc4)sc3CC3C(C)(CO)C(O)CCC23C)CC1. The van der Waals surface area contributed by atoms with Gasteiger partial charge in [-0.3, -0.25) is 4.79 Å². The van der Waals surface area contributed by atoms with E-state index in [1.54, 1.807) is 11.3 Å². The first-order chi connectivity index (χ1) is 16.3. The smallest absolute Gasteiger partial charge is 0.223 e. The van der Waals surface area contributed by atoms with E-state index >= 15 is 0 Å². The highest BCUT2D eigenvalue weighted by molar-refractivity contribution is 7.15. The lowest BCUT2D eigenvalue weighted by molar-refractivity contribution is -0.147. The van der Waals surface area contributed by atoms with Crippen LogP contribution in [0.25, 0.3) is 10.6 Å². The normalized spacial score (nSPS) is 33.9. The molecule has 1 aromatic carbocycles. The van der Waals surface area contributed by atoms with Crippen LogP contribution in [0.15, 0.2) is 30.3 Å². The number of likely N-dealkylation sites (tertiary alicyclic amines) is 1. The highest BCUT2D eigenvalue weighted by Crippen LogP contribution is 2.63. The lowest BCUT2D eigenvalue weighted by Crippen LogP contribution is -2.57. The molecule has 0 spiro atoms. The van der Waals surface area contributed by atoms with E-state index in [1.165, 1.54) is 4.88 Å². The van der Waals surface area contributed by atoms with Crippen molar-refractivity contribution in [1.29, 1.82) is 0 Å². The van der Waals surface area contributed by atoms with Crippen LogP contribution in [-0.2, 0) is 11.2 Å². The van der Waals surface area contributed by atoms with E-state index in [0.29, 0.717) is 18.8 Å². The van der Waals surface area contributed by atoms with Gasteiger partial charge in [0.15, 0.2) is 0 Å². The standard InChI is InChI=1S/C28H38N2O3S/c1-18-10-13-30(14-11-18)24(33)15-20-25-21(34-26(29-25)19-7-5-4-6-8-19)16-22-27(20,2)12-9-23(32)28(22,3)17-31/h4-8,18,20,22-23,31-32H,9-17H2,1-3H3. The van der Waals surface area contributed by atoms with Crippen LogP contribution in [0.2, 0.25) is 0 Å². The number of aliphatic hydroxyl groups excluding tert-OH is 2. The number of piperidine rings is 1. The number of rotatable bonds is 4. The first-order valence-electron chi connectivity index (χ1n) is 12.9. The van der Waals surface area contributed by atoms with Crippen LogP contribution in [0.4, 0.5) is 0 Å². The second kappa shape index (κ2) is 9.03. The van der Waals surface area contributed by atoms with Crippen molar-refractivity contribution < 1.29 is 15.0 Å². The van der Waals surface area contributed by atoms with Crippen molar-refractivity contribution in [3.8, 4) is 10.6 Å². The summed E-state index contributed by atoms with van der Waals surface area (Å²) in [6.45, 7) is 8.24. The van der Waals surface area contributed by atoms with Gasteiger partial charge < -0.3 is 15.1 Å². The molecule has 2 N–H and O–H groups in total. The van der Waals surface area contributed by atoms with E-state index in [0.717, 1.165) is 55.0 Å². The summed E-state index contributed by atoms with van der Waals surface area (Å²) in [5, 5.41) is 22.4. The molecule has 6 heteroatoms. The van der Waals surface area contributed by atoms with Crippen LogP contribution < -0.4 is 0 Å². The Morgan fingerprint density at radius 3 is 2.56 bits per heavy atom. The Labute approximate surface area is 207 Å². The molecule has 5 atom stereocenters. The van der Waals surface area contributed by atoms with Gasteiger partial charge in [0, 0.05) is 41.3 Å². The minimum Gasteiger partial charge on any atom is -0.396 e. The van der Waals surface area contributed by atoms with Gasteiger partial charge in [0.25, 0.3) is 0 Å². The molecule has 2 fully saturated rings. The zero-order valence-electron chi connectivity index (χ0n) is 20.7. The average molecular weight is 483 g/mol. The van der Waals surface area contributed by atoms with Crippen LogP contribution in [-0.4, -0.2) is 51.8 Å². The molecule has 0 bridgehead atoms. The molecule has 2 heterocycles. The number of amides is 1. The topological polar surface area (TPSA) is 73.7 Å². The number of nitrogens with zero attached hydrogens (tertiary/aromatic N) is 2. The van der Waals surface area contributed by atoms with E-state index in [2.05, 4.69) is 30.9 Å². The fraction of sp³-hybridized carbons (Fsp3) is 0.643. The molecule has 1 aliphatic heterocycles. The van der Waals surface area contributed by atoms with Gasteiger partial charge >= 0.3 is 0 Å². The monoisotopic (exact) mass is 482 g/mol. The fourth-order valence-electron chi connectivity index (χ4n) is 6.91. The van der Waals surface area contributed by atoms with Gasteiger partial charge in [-0.1, -0.05) is 51.1 Å². The van der Waals surface area contributed by atoms with Crippen LogP contribution >= 0.6 is 11.3 Å². The molecule has 1 aromatic heterocycles. The number of hydrogen-bond acceptors (Lipinski definition) is 5. The summed E-state index contributed by atoms with van der Waals surface area (Å²) in [5.41, 5.74) is 1.42. The minimum atomic E-state index is -0.580. The zero-order valence-corrected chi connectivity index (χ0v) is 21.5. The summed E-state index contributed by atoms with van der Waals surface area (Å²) in [6, 6.07) is 10.3. The fourth-order valence-corrected chi connectivity index (χ4v) is 8.09. The number of hydrogen-bond donors (Lipinski definition) is 2. The van der Waals surface area contributed by atoms with Crippen molar-refractivity contribution in [3.05, 3.63) is 40.9 Å². The molecule has 5 rings (SSSR count). The third-order valence-electron chi connectivity index (χ3n) is 9.43. The Balaban J connectivity index is 1.55. The lowest BCUT2D eigenvalue weighted by Gasteiger charge is -2.58. The molecule has 184 valence electrons. The van der Waals surface area contributed by atoms with Crippen molar-refractivity contribution in [2.24, 2.45) is 22.7 Å². The second-order valence-electron chi connectivity index (χ2n) is 11.5. The average Bonchev–Trinajstić information content (AvgIpc) is 3.28. The maximum absolute atomic E-state index is 13.6. The van der Waals surface area contributed by atoms with Crippen molar-refractivity contribution >= 4 is 17.2 Å². The van der Waals surface area contributed by atoms with Crippen LogP contribution in [0.3, 0.4) is 0 Å². The number of benzene rings is 1. The molecular formula is C28H38N2O3S. The third-order valence-corrected chi connectivity index (χ3v) is 10.6. The van der Waals surface area contributed by atoms with E-state index in [-0.39, 0.29) is 29.8 Å². The summed E-state index contributed by atoms with van der Waals surface area (Å²) >= 11 is 1.72. The Kier molecular flexibility index (Phi) is 6.36. The zero-order chi connectivity index (χ0) is 24.1. The van der Waals surface area contributed by atoms with E-state index in [4.69, 9.17) is 4.98 Å². The molecule has 1 saturated carbocycles. The van der Waals surface area contributed by atoms with E-state index in [1.807, 2.05) is 25.1 Å². The van der Waals surface area contributed by atoms with Gasteiger partial charge in [0.05, 0.1) is 18.4 Å². The molecule has 0 radical (unpaired) electrons. The van der Waals surface area contributed by atoms with Gasteiger partial charge in [0.2, 0.25) is 5.91 Å². The first kappa shape index (κ1) is 24.0. The summed E-state index contributed by atoms with van der Waals surface area (Å²) < 4.78 is 0. The van der Waals surface area contributed by atoms with Gasteiger partial charge in [-0.25, -0.2) is 4.98 Å². The second-order valence-corrected chi connectivity index (χ2v) is 12.6. The molecule has 1 saturated heterocycles. The van der Waals surface area contributed by atoms with Crippen molar-refractivity contribution in [2.75, 3.05) is 19.7 Å². The summed E-state index contributed by atoms with van der Waals surface area (Å²) in [6.07, 6.45) is 4.39. The Bertz CT molecular complexity index is 1030. The van der Waals surface area contributed by atoms with E-state index < -0.39 is 11.5 Å². The Hall–Kier alpha value is -1.76. The maximum Gasteiger partial charge on any atom is 0.223 e. The Morgan fingerprint density at radius 1 is 1.18 bits per heavy atom. The number of carbonyl (C=O) groups excluding carboxylic acids is 1. The lowest BCUT2D eigenvalue weighted by atomic mass is 9.47. The number of thiazole rings is 1. The number of aromatic nitrogens is 1. The molecule has 5 nitrogen and oxygen atoms in total. The van der Waals surface area contributed by atoms with Gasteiger partial charge in [-0.2, -0.15) is 0 Å². The number of carbonyl (C=O) groups is 1. The van der Waals surface area contributed by atoms with Crippen molar-refractivity contribution in [3.63, 3.8) is 0 Å². The van der Waals surface area contributed by atoms with Gasteiger partial charge in [-0.05, 0) is 49.4 Å². The number of aliphatic hydroxyl groups is 2.